The molecule has 1 saturated carbocycles. The van der Waals surface area contributed by atoms with Crippen LogP contribution in [0.4, 0.5) is 8.78 Å². The first kappa shape index (κ1) is 25.0. The lowest BCUT2D eigenvalue weighted by Gasteiger charge is -2.15. The van der Waals surface area contributed by atoms with Crippen molar-refractivity contribution in [2.45, 2.75) is 65.4 Å². The lowest BCUT2D eigenvalue weighted by Crippen LogP contribution is -2.04. The summed E-state index contributed by atoms with van der Waals surface area (Å²) in [5.41, 5.74) is 2.51. The van der Waals surface area contributed by atoms with Crippen LogP contribution in [-0.4, -0.2) is 6.61 Å². The number of ether oxygens (including phenoxy) is 3. The topological polar surface area (TPSA) is 27.7 Å². The Morgan fingerprint density at radius 3 is 2.29 bits per heavy atom. The Morgan fingerprint density at radius 2 is 1.60 bits per heavy atom. The maximum absolute atomic E-state index is 15.1. The SMILES string of the molecule is CCCC(C)c1ccc(OCc2c(F)cc(Oc3cc(OCC4CC4)ccc3F)cc2CC)cc1. The first-order valence-corrected chi connectivity index (χ1v) is 12.6. The Bertz CT molecular complexity index is 1120. The van der Waals surface area contributed by atoms with Crippen LogP contribution in [0.5, 0.6) is 23.0 Å². The van der Waals surface area contributed by atoms with Gasteiger partial charge in [-0.2, -0.15) is 0 Å². The second-order valence-corrected chi connectivity index (χ2v) is 9.39. The molecule has 0 saturated heterocycles. The minimum Gasteiger partial charge on any atom is -0.493 e. The molecule has 3 aromatic carbocycles. The molecule has 0 spiro atoms. The van der Waals surface area contributed by atoms with Gasteiger partial charge >= 0.3 is 0 Å². The lowest BCUT2D eigenvalue weighted by atomic mass is 9.97. The minimum absolute atomic E-state index is 0.0149. The standard InChI is InChI=1S/C30H34F2O3/c1-4-6-20(3)23-9-11-24(12-10-23)34-19-27-22(5-2)15-26(16-29(27)32)35-30-17-25(13-14-28(30)31)33-18-21-7-8-21/h9-17,20-21H,4-8,18-19H2,1-3H3. The van der Waals surface area contributed by atoms with Crippen LogP contribution in [0.15, 0.2) is 54.6 Å². The number of halogens is 2. The summed E-state index contributed by atoms with van der Waals surface area (Å²) in [5.74, 6) is 1.63. The summed E-state index contributed by atoms with van der Waals surface area (Å²) >= 11 is 0. The molecule has 0 N–H and O–H groups in total. The van der Waals surface area contributed by atoms with E-state index in [4.69, 9.17) is 14.2 Å². The molecule has 0 radical (unpaired) electrons. The van der Waals surface area contributed by atoms with Gasteiger partial charge in [-0.05, 0) is 79.0 Å². The molecule has 4 rings (SSSR count). The maximum Gasteiger partial charge on any atom is 0.166 e. The number of benzene rings is 3. The van der Waals surface area contributed by atoms with E-state index in [0.29, 0.717) is 41.9 Å². The summed E-state index contributed by atoms with van der Waals surface area (Å²) in [5, 5.41) is 0. The summed E-state index contributed by atoms with van der Waals surface area (Å²) in [4.78, 5) is 0. The van der Waals surface area contributed by atoms with Gasteiger partial charge < -0.3 is 14.2 Å². The van der Waals surface area contributed by atoms with Crippen LogP contribution in [0, 0.1) is 17.6 Å². The highest BCUT2D eigenvalue weighted by atomic mass is 19.1. The van der Waals surface area contributed by atoms with E-state index >= 15 is 4.39 Å². The Labute approximate surface area is 207 Å². The van der Waals surface area contributed by atoms with Gasteiger partial charge in [-0.1, -0.05) is 39.3 Å². The molecule has 186 valence electrons. The van der Waals surface area contributed by atoms with Crippen molar-refractivity contribution < 1.29 is 23.0 Å². The normalized spacial score (nSPS) is 14.0. The summed E-state index contributed by atoms with van der Waals surface area (Å²) in [7, 11) is 0. The van der Waals surface area contributed by atoms with Crippen molar-refractivity contribution in [2.24, 2.45) is 5.92 Å². The third-order valence-corrected chi connectivity index (χ3v) is 6.51. The van der Waals surface area contributed by atoms with Gasteiger partial charge in [-0.3, -0.25) is 0 Å². The third-order valence-electron chi connectivity index (χ3n) is 6.51. The zero-order valence-electron chi connectivity index (χ0n) is 20.8. The molecule has 1 aliphatic rings. The van der Waals surface area contributed by atoms with Gasteiger partial charge in [-0.25, -0.2) is 8.78 Å². The zero-order chi connectivity index (χ0) is 24.8. The predicted octanol–water partition coefficient (Wildman–Crippen LogP) is 8.59. The van der Waals surface area contributed by atoms with Crippen LogP contribution < -0.4 is 14.2 Å². The lowest BCUT2D eigenvalue weighted by molar-refractivity contribution is 0.296. The molecular weight excluding hydrogens is 446 g/mol. The van der Waals surface area contributed by atoms with Gasteiger partial charge in [-0.15, -0.1) is 0 Å². The molecular formula is C30H34F2O3. The first-order valence-electron chi connectivity index (χ1n) is 12.6. The fraction of sp³-hybridized carbons (Fsp3) is 0.400. The zero-order valence-corrected chi connectivity index (χ0v) is 20.8. The van der Waals surface area contributed by atoms with E-state index in [9.17, 15) is 4.39 Å². The van der Waals surface area contributed by atoms with Crippen molar-refractivity contribution in [1.29, 1.82) is 0 Å². The third kappa shape index (κ3) is 6.74. The van der Waals surface area contributed by atoms with Gasteiger partial charge in [0.1, 0.15) is 29.7 Å². The van der Waals surface area contributed by atoms with E-state index in [1.165, 1.54) is 36.6 Å². The van der Waals surface area contributed by atoms with E-state index in [1.54, 1.807) is 12.1 Å². The van der Waals surface area contributed by atoms with Crippen LogP contribution in [0.25, 0.3) is 0 Å². The maximum atomic E-state index is 15.1. The van der Waals surface area contributed by atoms with Crippen molar-refractivity contribution in [2.75, 3.05) is 6.61 Å². The fourth-order valence-corrected chi connectivity index (χ4v) is 4.13. The van der Waals surface area contributed by atoms with Crippen molar-refractivity contribution in [3.8, 4) is 23.0 Å². The Hall–Kier alpha value is -3.08. The number of hydrogen-bond acceptors (Lipinski definition) is 3. The summed E-state index contributed by atoms with van der Waals surface area (Å²) < 4.78 is 46.8. The molecule has 1 fully saturated rings. The van der Waals surface area contributed by atoms with E-state index in [1.807, 2.05) is 19.1 Å². The number of hydrogen-bond donors (Lipinski definition) is 0. The van der Waals surface area contributed by atoms with Crippen molar-refractivity contribution >= 4 is 0 Å². The Morgan fingerprint density at radius 1 is 0.857 bits per heavy atom. The highest BCUT2D eigenvalue weighted by Gasteiger charge is 2.22. The largest absolute Gasteiger partial charge is 0.493 e. The second kappa shape index (κ2) is 11.6. The van der Waals surface area contributed by atoms with Crippen molar-refractivity contribution in [3.63, 3.8) is 0 Å². The molecule has 0 bridgehead atoms. The van der Waals surface area contributed by atoms with Gasteiger partial charge in [0.2, 0.25) is 0 Å². The monoisotopic (exact) mass is 480 g/mol. The summed E-state index contributed by atoms with van der Waals surface area (Å²) in [6.45, 7) is 7.07. The van der Waals surface area contributed by atoms with E-state index in [-0.39, 0.29) is 18.1 Å². The molecule has 0 amide bonds. The number of aryl methyl sites for hydroxylation is 1. The van der Waals surface area contributed by atoms with Gasteiger partial charge in [0.15, 0.2) is 11.6 Å². The molecule has 5 heteroatoms. The molecule has 0 aromatic heterocycles. The molecule has 3 aromatic rings. The highest BCUT2D eigenvalue weighted by molar-refractivity contribution is 5.42. The smallest absolute Gasteiger partial charge is 0.166 e. The molecule has 3 nitrogen and oxygen atoms in total. The Balaban J connectivity index is 1.44. The van der Waals surface area contributed by atoms with E-state index in [2.05, 4.69) is 26.0 Å². The molecule has 0 heterocycles. The minimum atomic E-state index is -0.522. The molecule has 35 heavy (non-hydrogen) atoms. The molecule has 1 unspecified atom stereocenters. The predicted molar refractivity (Wildman–Crippen MR) is 135 cm³/mol. The van der Waals surface area contributed by atoms with Crippen LogP contribution in [0.2, 0.25) is 0 Å². The molecule has 1 aliphatic carbocycles. The van der Waals surface area contributed by atoms with E-state index in [0.717, 1.165) is 18.4 Å². The van der Waals surface area contributed by atoms with Crippen LogP contribution in [-0.2, 0) is 13.0 Å². The Kier molecular flexibility index (Phi) is 8.27. The van der Waals surface area contributed by atoms with Crippen LogP contribution in [0.1, 0.15) is 69.1 Å². The average Bonchev–Trinajstić information content (AvgIpc) is 3.68. The quantitative estimate of drug-likeness (QED) is 0.260. The van der Waals surface area contributed by atoms with Crippen LogP contribution in [0.3, 0.4) is 0 Å². The summed E-state index contributed by atoms with van der Waals surface area (Å²) in [6, 6.07) is 15.4. The van der Waals surface area contributed by atoms with Gasteiger partial charge in [0, 0.05) is 17.7 Å². The first-order chi connectivity index (χ1) is 17.0. The van der Waals surface area contributed by atoms with Crippen LogP contribution >= 0.6 is 0 Å². The molecule has 0 aliphatic heterocycles. The van der Waals surface area contributed by atoms with Crippen molar-refractivity contribution in [3.05, 3.63) is 82.9 Å². The number of rotatable bonds is 12. The van der Waals surface area contributed by atoms with Crippen molar-refractivity contribution in [1.82, 2.24) is 0 Å². The fourth-order valence-electron chi connectivity index (χ4n) is 4.13. The average molecular weight is 481 g/mol. The van der Waals surface area contributed by atoms with E-state index < -0.39 is 11.6 Å². The highest BCUT2D eigenvalue weighted by Crippen LogP contribution is 2.33. The van der Waals surface area contributed by atoms with Gasteiger partial charge in [0.25, 0.3) is 0 Å². The van der Waals surface area contributed by atoms with Gasteiger partial charge in [0.05, 0.1) is 6.61 Å². The summed E-state index contributed by atoms with van der Waals surface area (Å²) in [6.07, 6.45) is 5.21. The molecule has 1 atom stereocenters. The second-order valence-electron chi connectivity index (χ2n) is 9.39.